The summed E-state index contributed by atoms with van der Waals surface area (Å²) in [6.45, 7) is 0.00493. The Morgan fingerprint density at radius 3 is 2.89 bits per heavy atom. The Hall–Kier alpha value is -1.49. The molecular formula is C13H12ClFO4. The highest BCUT2D eigenvalue weighted by molar-refractivity contribution is 6.32. The van der Waals surface area contributed by atoms with Crippen LogP contribution in [0.1, 0.15) is 30.7 Å². The molecule has 1 unspecified atom stereocenters. The summed E-state index contributed by atoms with van der Waals surface area (Å²) >= 11 is 5.92. The van der Waals surface area contributed by atoms with Crippen LogP contribution in [0.25, 0.3) is 0 Å². The van der Waals surface area contributed by atoms with Crippen molar-refractivity contribution < 1.29 is 23.8 Å². The molecule has 1 aromatic rings. The molecule has 0 radical (unpaired) electrons. The van der Waals surface area contributed by atoms with Gasteiger partial charge in [0.05, 0.1) is 6.42 Å². The minimum Gasteiger partial charge on any atom is -0.481 e. The van der Waals surface area contributed by atoms with Gasteiger partial charge in [0.2, 0.25) is 6.79 Å². The third kappa shape index (κ3) is 2.23. The van der Waals surface area contributed by atoms with Gasteiger partial charge in [-0.3, -0.25) is 4.79 Å². The third-order valence-corrected chi connectivity index (χ3v) is 3.90. The van der Waals surface area contributed by atoms with Crippen molar-refractivity contribution in [3.05, 3.63) is 22.5 Å². The molecule has 6 heteroatoms. The quantitative estimate of drug-likeness (QED) is 0.923. The lowest BCUT2D eigenvalue weighted by Crippen LogP contribution is -2.10. The second kappa shape index (κ2) is 4.56. The molecule has 1 fully saturated rings. The van der Waals surface area contributed by atoms with Gasteiger partial charge >= 0.3 is 5.97 Å². The van der Waals surface area contributed by atoms with Gasteiger partial charge in [-0.15, -0.1) is 0 Å². The van der Waals surface area contributed by atoms with Gasteiger partial charge in [0.1, 0.15) is 10.8 Å². The molecule has 4 nitrogen and oxygen atoms in total. The number of halogens is 2. The molecule has 1 N–H and O–H groups in total. The molecule has 2 aliphatic rings. The van der Waals surface area contributed by atoms with Gasteiger partial charge in [0.15, 0.2) is 11.5 Å². The molecule has 1 atom stereocenters. The van der Waals surface area contributed by atoms with Crippen LogP contribution < -0.4 is 9.47 Å². The zero-order valence-electron chi connectivity index (χ0n) is 9.99. The molecule has 19 heavy (non-hydrogen) atoms. The summed E-state index contributed by atoms with van der Waals surface area (Å²) < 4.78 is 24.6. The fourth-order valence-corrected chi connectivity index (χ4v) is 2.74. The third-order valence-electron chi connectivity index (χ3n) is 3.56. The Labute approximate surface area is 114 Å². The molecule has 1 aliphatic carbocycles. The maximum atomic E-state index is 14.3. The van der Waals surface area contributed by atoms with Crippen molar-refractivity contribution in [3.8, 4) is 11.5 Å². The minimum absolute atomic E-state index is 0.00493. The van der Waals surface area contributed by atoms with E-state index in [0.717, 1.165) is 12.8 Å². The summed E-state index contributed by atoms with van der Waals surface area (Å²) in [4.78, 5) is 10.9. The van der Waals surface area contributed by atoms with E-state index in [1.54, 1.807) is 0 Å². The Balaban J connectivity index is 2.03. The molecule has 1 saturated carbocycles. The van der Waals surface area contributed by atoms with Crippen molar-refractivity contribution in [2.45, 2.75) is 25.2 Å². The number of carbonyl (C=O) groups is 1. The van der Waals surface area contributed by atoms with Gasteiger partial charge in [-0.2, -0.15) is 0 Å². The number of carboxylic acids is 1. The van der Waals surface area contributed by atoms with Gasteiger partial charge in [-0.05, 0) is 30.4 Å². The summed E-state index contributed by atoms with van der Waals surface area (Å²) in [6.07, 6.45) is 1.74. The Bertz CT molecular complexity index is 542. The van der Waals surface area contributed by atoms with E-state index >= 15 is 0 Å². The largest absolute Gasteiger partial charge is 0.481 e. The molecule has 0 bridgehead atoms. The van der Waals surface area contributed by atoms with Crippen LogP contribution in [0.4, 0.5) is 4.39 Å². The summed E-state index contributed by atoms with van der Waals surface area (Å²) in [5.74, 6) is -1.09. The molecule has 102 valence electrons. The Morgan fingerprint density at radius 2 is 2.26 bits per heavy atom. The first-order valence-electron chi connectivity index (χ1n) is 6.07. The number of hydrogen-bond acceptors (Lipinski definition) is 3. The van der Waals surface area contributed by atoms with Crippen molar-refractivity contribution in [3.63, 3.8) is 0 Å². The first-order valence-corrected chi connectivity index (χ1v) is 6.45. The van der Waals surface area contributed by atoms with E-state index < -0.39 is 11.8 Å². The van der Waals surface area contributed by atoms with Gasteiger partial charge < -0.3 is 14.6 Å². The predicted octanol–water partition coefficient (Wildman–Crippen LogP) is 3.18. The van der Waals surface area contributed by atoms with E-state index in [4.69, 9.17) is 26.2 Å². The van der Waals surface area contributed by atoms with Crippen LogP contribution in [0.5, 0.6) is 11.5 Å². The minimum atomic E-state index is -0.940. The molecule has 0 spiro atoms. The van der Waals surface area contributed by atoms with E-state index in [-0.39, 0.29) is 35.8 Å². The van der Waals surface area contributed by atoms with Crippen molar-refractivity contribution in [2.75, 3.05) is 6.79 Å². The van der Waals surface area contributed by atoms with Crippen molar-refractivity contribution in [1.29, 1.82) is 0 Å². The van der Waals surface area contributed by atoms with Crippen molar-refractivity contribution in [1.82, 2.24) is 0 Å². The number of ether oxygens (including phenoxy) is 2. The lowest BCUT2D eigenvalue weighted by atomic mass is 9.90. The SMILES string of the molecule is O=C(O)CC(c1cc2c(c(Cl)c1F)OCO2)C1CC1. The predicted molar refractivity (Wildman–Crippen MR) is 65.3 cm³/mol. The van der Waals surface area contributed by atoms with Crippen LogP contribution in [0.15, 0.2) is 6.07 Å². The Kier molecular flexibility index (Phi) is 3.01. The molecule has 3 rings (SSSR count). The zero-order valence-corrected chi connectivity index (χ0v) is 10.7. The molecule has 0 amide bonds. The number of carboxylic acid groups (broad SMARTS) is 1. The lowest BCUT2D eigenvalue weighted by molar-refractivity contribution is -0.137. The van der Waals surface area contributed by atoms with E-state index in [9.17, 15) is 9.18 Å². The number of aliphatic carboxylic acids is 1. The van der Waals surface area contributed by atoms with Gasteiger partial charge in [0, 0.05) is 5.92 Å². The average Bonchev–Trinajstić information content (AvgIpc) is 3.09. The fourth-order valence-electron chi connectivity index (χ4n) is 2.49. The van der Waals surface area contributed by atoms with E-state index in [0.29, 0.717) is 11.3 Å². The summed E-state index contributed by atoms with van der Waals surface area (Å²) in [7, 11) is 0. The second-order valence-electron chi connectivity index (χ2n) is 4.87. The second-order valence-corrected chi connectivity index (χ2v) is 5.25. The zero-order chi connectivity index (χ0) is 13.6. The first-order chi connectivity index (χ1) is 9.08. The number of fused-ring (bicyclic) bond motifs is 1. The normalized spacial score (nSPS) is 18.4. The van der Waals surface area contributed by atoms with Gasteiger partial charge in [0.25, 0.3) is 0 Å². The van der Waals surface area contributed by atoms with Crippen LogP contribution in [0.2, 0.25) is 5.02 Å². The molecule has 1 heterocycles. The average molecular weight is 287 g/mol. The van der Waals surface area contributed by atoms with Crippen molar-refractivity contribution in [2.24, 2.45) is 5.92 Å². The van der Waals surface area contributed by atoms with Crippen LogP contribution in [0, 0.1) is 11.7 Å². The van der Waals surface area contributed by atoms with Gasteiger partial charge in [-0.25, -0.2) is 4.39 Å². The number of benzene rings is 1. The monoisotopic (exact) mass is 286 g/mol. The summed E-state index contributed by atoms with van der Waals surface area (Å²) in [5.41, 5.74) is 0.319. The smallest absolute Gasteiger partial charge is 0.303 e. The van der Waals surface area contributed by atoms with E-state index in [1.165, 1.54) is 6.07 Å². The topological polar surface area (TPSA) is 55.8 Å². The summed E-state index contributed by atoms with van der Waals surface area (Å²) in [6, 6.07) is 1.52. The highest BCUT2D eigenvalue weighted by Gasteiger charge is 2.37. The van der Waals surface area contributed by atoms with Crippen LogP contribution in [0.3, 0.4) is 0 Å². The molecule has 0 aromatic heterocycles. The maximum absolute atomic E-state index is 14.3. The standard InChI is InChI=1S/C13H12ClFO4/c14-11-12(15)8(3-9-13(11)19-5-18-9)7(4-10(16)17)6-1-2-6/h3,6-7H,1-2,4-5H2,(H,16,17). The Morgan fingerprint density at radius 1 is 1.53 bits per heavy atom. The lowest BCUT2D eigenvalue weighted by Gasteiger charge is -2.16. The van der Waals surface area contributed by atoms with Crippen molar-refractivity contribution >= 4 is 17.6 Å². The number of rotatable bonds is 4. The highest BCUT2D eigenvalue weighted by atomic mass is 35.5. The van der Waals surface area contributed by atoms with Crippen LogP contribution in [-0.4, -0.2) is 17.9 Å². The van der Waals surface area contributed by atoms with Crippen LogP contribution in [-0.2, 0) is 4.79 Å². The van der Waals surface area contributed by atoms with E-state index in [1.807, 2.05) is 0 Å². The first kappa shape index (κ1) is 12.5. The molecule has 1 aliphatic heterocycles. The van der Waals surface area contributed by atoms with E-state index in [2.05, 4.69) is 0 Å². The summed E-state index contributed by atoms with van der Waals surface area (Å²) in [5, 5.41) is 8.84. The molecule has 1 aromatic carbocycles. The fraction of sp³-hybridized carbons (Fsp3) is 0.462. The number of hydrogen-bond donors (Lipinski definition) is 1. The molecular weight excluding hydrogens is 275 g/mol. The highest BCUT2D eigenvalue weighted by Crippen LogP contribution is 2.50. The molecule has 0 saturated heterocycles. The van der Waals surface area contributed by atoms with Crippen LogP contribution >= 0.6 is 11.6 Å². The maximum Gasteiger partial charge on any atom is 0.303 e. The van der Waals surface area contributed by atoms with Gasteiger partial charge in [-0.1, -0.05) is 11.6 Å².